The van der Waals surface area contributed by atoms with Crippen LogP contribution in [0, 0.1) is 0 Å². The van der Waals surface area contributed by atoms with Gasteiger partial charge in [-0.3, -0.25) is 0 Å². The highest BCUT2D eigenvalue weighted by Gasteiger charge is 1.91. The summed E-state index contributed by atoms with van der Waals surface area (Å²) in [6, 6.07) is 0. The van der Waals surface area contributed by atoms with E-state index in [4.69, 9.17) is 0 Å². The summed E-state index contributed by atoms with van der Waals surface area (Å²) in [4.78, 5) is 0. The van der Waals surface area contributed by atoms with E-state index in [9.17, 15) is 0 Å². The highest BCUT2D eigenvalue weighted by Crippen LogP contribution is 2.07. The lowest BCUT2D eigenvalue weighted by Gasteiger charge is -1.99. The Bertz CT molecular complexity index is 66.2. The summed E-state index contributed by atoms with van der Waals surface area (Å²) in [5.74, 6) is 0. The van der Waals surface area contributed by atoms with Gasteiger partial charge in [-0.2, -0.15) is 0 Å². The highest BCUT2D eigenvalue weighted by atomic mass is 13.9. The molecule has 0 saturated heterocycles. The summed E-state index contributed by atoms with van der Waals surface area (Å²) >= 11 is 0. The minimum absolute atomic E-state index is 1.37. The number of rotatable bonds is 9. The summed E-state index contributed by atoms with van der Waals surface area (Å²) < 4.78 is 0. The predicted molar refractivity (Wildman–Crippen MR) is 65.6 cm³/mol. The average molecular weight is 164 g/mol. The molecule has 0 radical (unpaired) electrons. The van der Waals surface area contributed by atoms with E-state index in [0.717, 1.165) is 0 Å². The van der Waals surface area contributed by atoms with Crippen molar-refractivity contribution in [2.75, 3.05) is 0 Å². The van der Waals surface area contributed by atoms with Gasteiger partial charge in [-0.1, -0.05) is 58.2 Å². The lowest BCUT2D eigenvalue weighted by atomic mass is 9.27. The zero-order valence-electron chi connectivity index (χ0n) is 9.07. The Hall–Kier alpha value is 0.195. The van der Waals surface area contributed by atoms with Crippen molar-refractivity contribution >= 4 is 22.0 Å². The van der Waals surface area contributed by atoms with Gasteiger partial charge in [-0.05, 0) is 0 Å². The maximum absolute atomic E-state index is 2.28. The third-order valence-electron chi connectivity index (χ3n) is 2.46. The van der Waals surface area contributed by atoms with Gasteiger partial charge in [0.15, 0.2) is 0 Å². The van der Waals surface area contributed by atoms with E-state index in [1.54, 1.807) is 0 Å². The molecule has 0 aromatic carbocycles. The van der Waals surface area contributed by atoms with Gasteiger partial charge in [0, 0.05) is 0 Å². The van der Waals surface area contributed by atoms with Crippen molar-refractivity contribution in [1.82, 2.24) is 0 Å². The van der Waals surface area contributed by atoms with Crippen molar-refractivity contribution in [3.63, 3.8) is 0 Å². The third kappa shape index (κ3) is 10.2. The van der Waals surface area contributed by atoms with Crippen molar-refractivity contribution in [2.45, 2.75) is 58.2 Å². The van der Waals surface area contributed by atoms with Gasteiger partial charge in [-0.25, -0.2) is 0 Å². The summed E-state index contributed by atoms with van der Waals surface area (Å²) in [5, 5.41) is 0. The molecule has 0 atom stereocenters. The molecular weight excluding hydrogens is 141 g/mol. The van der Waals surface area contributed by atoms with Crippen LogP contribution in [0.2, 0.25) is 6.32 Å². The van der Waals surface area contributed by atoms with Crippen LogP contribution in [0.4, 0.5) is 0 Å². The Labute approximate surface area is 80.8 Å². The van der Waals surface area contributed by atoms with Crippen molar-refractivity contribution in [2.24, 2.45) is 0 Å². The van der Waals surface area contributed by atoms with Crippen molar-refractivity contribution < 1.29 is 0 Å². The first-order valence-corrected chi connectivity index (χ1v) is 5.91. The fourth-order valence-corrected chi connectivity index (χ4v) is 1.56. The molecule has 0 rings (SSSR count). The Kier molecular flexibility index (Phi) is 11.4. The van der Waals surface area contributed by atoms with Gasteiger partial charge >= 0.3 is 0 Å². The van der Waals surface area contributed by atoms with E-state index in [-0.39, 0.29) is 0 Å². The Morgan fingerprint density at radius 1 is 0.917 bits per heavy atom. The molecule has 0 amide bonds. The van der Waals surface area contributed by atoms with Crippen LogP contribution in [0.5, 0.6) is 0 Å². The molecule has 3 heteroatoms. The van der Waals surface area contributed by atoms with Gasteiger partial charge in [0.1, 0.15) is 0 Å². The Balaban J connectivity index is 2.73. The molecule has 0 nitrogen and oxygen atoms in total. The molecule has 0 aromatic rings. The summed E-state index contributed by atoms with van der Waals surface area (Å²) in [7, 11) is 5.09. The first kappa shape index (κ1) is 12.2. The Morgan fingerprint density at radius 3 is 2.08 bits per heavy atom. The van der Waals surface area contributed by atoms with E-state index in [1.165, 1.54) is 65.5 Å². The van der Waals surface area contributed by atoms with E-state index < -0.39 is 0 Å². The van der Waals surface area contributed by atoms with Crippen molar-refractivity contribution in [3.05, 3.63) is 0 Å². The average Bonchev–Trinajstić information content (AvgIpc) is 2.10. The van der Waals surface area contributed by atoms with Crippen LogP contribution in [0.1, 0.15) is 51.9 Å². The summed E-state index contributed by atoms with van der Waals surface area (Å²) in [6.07, 6.45) is 11.6. The minimum atomic E-state index is 1.37. The monoisotopic (exact) mass is 164 g/mol. The van der Waals surface area contributed by atoms with Crippen LogP contribution in [0.15, 0.2) is 0 Å². The molecule has 0 N–H and O–H groups in total. The minimum Gasteiger partial charge on any atom is -0.0853 e. The molecule has 0 aromatic heterocycles. The Morgan fingerprint density at radius 2 is 1.50 bits per heavy atom. The number of hydrogen-bond donors (Lipinski definition) is 0. The third-order valence-corrected chi connectivity index (χ3v) is 2.46. The zero-order chi connectivity index (χ0) is 9.07. The molecular formula is C9H23B3. The fraction of sp³-hybridized carbons (Fsp3) is 1.00. The van der Waals surface area contributed by atoms with E-state index in [1.807, 2.05) is 0 Å². The normalized spacial score (nSPS) is 9.75. The maximum Gasteiger partial charge on any atom is 0.0780 e. The summed E-state index contributed by atoms with van der Waals surface area (Å²) in [5.41, 5.74) is 0. The highest BCUT2D eigenvalue weighted by molar-refractivity contribution is 7.23. The van der Waals surface area contributed by atoms with Gasteiger partial charge in [0.25, 0.3) is 0 Å². The zero-order valence-corrected chi connectivity index (χ0v) is 9.07. The van der Waals surface area contributed by atoms with Crippen LogP contribution < -0.4 is 0 Å². The number of hydrogen-bond acceptors (Lipinski definition) is 0. The van der Waals surface area contributed by atoms with Crippen LogP contribution >= 0.6 is 0 Å². The topological polar surface area (TPSA) is 0 Å². The molecule has 12 heavy (non-hydrogen) atoms. The van der Waals surface area contributed by atoms with Crippen molar-refractivity contribution in [3.8, 4) is 0 Å². The molecule has 0 aliphatic heterocycles. The van der Waals surface area contributed by atoms with Crippen LogP contribution in [0.25, 0.3) is 0 Å². The molecule has 0 fully saturated rings. The smallest absolute Gasteiger partial charge is 0.0780 e. The molecule has 0 spiro atoms. The van der Waals surface area contributed by atoms with Crippen molar-refractivity contribution in [1.29, 1.82) is 0 Å². The molecule has 0 unspecified atom stereocenters. The standard InChI is InChI=1S/C9H23B3/c1-2-3-4-5-6-7-8-9-11-12-10/h11-12H,2-10H2,1H3. The van der Waals surface area contributed by atoms with E-state index >= 15 is 0 Å². The van der Waals surface area contributed by atoms with Crippen LogP contribution in [0.3, 0.4) is 0 Å². The lowest BCUT2D eigenvalue weighted by Crippen LogP contribution is -2.01. The lowest BCUT2D eigenvalue weighted by molar-refractivity contribution is 0.602. The maximum atomic E-state index is 2.28. The molecule has 68 valence electrons. The first-order valence-electron chi connectivity index (χ1n) is 5.91. The predicted octanol–water partition coefficient (Wildman–Crippen LogP) is 1.49. The van der Waals surface area contributed by atoms with E-state index in [2.05, 4.69) is 14.7 Å². The second kappa shape index (κ2) is 11.2. The van der Waals surface area contributed by atoms with E-state index in [0.29, 0.717) is 0 Å². The quantitative estimate of drug-likeness (QED) is 0.357. The van der Waals surface area contributed by atoms with Gasteiger partial charge in [0.05, 0.1) is 22.0 Å². The number of unbranched alkanes of at least 4 members (excludes halogenated alkanes) is 6. The molecule has 0 bridgehead atoms. The van der Waals surface area contributed by atoms with Crippen LogP contribution in [-0.4, -0.2) is 22.0 Å². The van der Waals surface area contributed by atoms with Gasteiger partial charge < -0.3 is 0 Å². The molecule has 0 aliphatic carbocycles. The molecule has 0 aliphatic rings. The van der Waals surface area contributed by atoms with Gasteiger partial charge in [0.2, 0.25) is 0 Å². The first-order chi connectivity index (χ1) is 5.91. The largest absolute Gasteiger partial charge is 0.0853 e. The SMILES string of the molecule is BBBCCCCCCCCC. The van der Waals surface area contributed by atoms with Gasteiger partial charge in [-0.15, -0.1) is 0 Å². The molecule has 0 saturated carbocycles. The summed E-state index contributed by atoms with van der Waals surface area (Å²) in [6.45, 7) is 2.28. The van der Waals surface area contributed by atoms with Crippen LogP contribution in [-0.2, 0) is 0 Å². The second-order valence-corrected chi connectivity index (χ2v) is 3.83. The fourth-order valence-electron chi connectivity index (χ4n) is 1.56. The molecule has 0 heterocycles. The second-order valence-electron chi connectivity index (χ2n) is 3.83.